The molecule has 0 radical (unpaired) electrons. The summed E-state index contributed by atoms with van der Waals surface area (Å²) in [7, 11) is 0. The van der Waals surface area contributed by atoms with E-state index < -0.39 is 0 Å². The standard InChI is InChI=1S/C12H18.C10H20.2C2H6/c1-9(2)11-7-5-6-8-12(11)10(3)4;1-7(2)9(5)10(6)8(3)4;2*1-2/h5-10H,1-4H3;7-8H,1-6H3;2*1-2H3/b;10-9-;;. The Balaban J connectivity index is -0.000000346. The highest BCUT2D eigenvalue weighted by atomic mass is 14.1. The summed E-state index contributed by atoms with van der Waals surface area (Å²) in [5.74, 6) is 2.71. The molecule has 0 heterocycles. The molecule has 0 aliphatic carbocycles. The van der Waals surface area contributed by atoms with Gasteiger partial charge in [-0.1, -0.05) is 118 Å². The van der Waals surface area contributed by atoms with Crippen LogP contribution in [0.3, 0.4) is 0 Å². The Morgan fingerprint density at radius 3 is 0.923 bits per heavy atom. The van der Waals surface area contributed by atoms with Gasteiger partial charge in [0.25, 0.3) is 0 Å². The Hall–Kier alpha value is -1.04. The van der Waals surface area contributed by atoms with Gasteiger partial charge in [-0.05, 0) is 48.6 Å². The SMILES string of the molecule is C/C(=C(\C)C(C)C)C(C)C.CC.CC.CC(C)c1ccccc1C(C)C. The van der Waals surface area contributed by atoms with E-state index in [4.69, 9.17) is 0 Å². The van der Waals surface area contributed by atoms with Crippen molar-refractivity contribution >= 4 is 0 Å². The summed E-state index contributed by atoms with van der Waals surface area (Å²) in [5, 5.41) is 0. The third-order valence-electron chi connectivity index (χ3n) is 4.59. The zero-order chi connectivity index (χ0) is 21.4. The maximum Gasteiger partial charge on any atom is -0.0216 e. The minimum atomic E-state index is 0.642. The van der Waals surface area contributed by atoms with E-state index in [1.807, 2.05) is 27.7 Å². The molecule has 0 aromatic heterocycles. The predicted octanol–water partition coefficient (Wildman–Crippen LogP) is 9.62. The number of hydrogen-bond donors (Lipinski definition) is 0. The minimum Gasteiger partial charge on any atom is -0.0716 e. The first-order valence-corrected chi connectivity index (χ1v) is 10.9. The van der Waals surface area contributed by atoms with Crippen LogP contribution in [-0.2, 0) is 0 Å². The molecule has 0 amide bonds. The summed E-state index contributed by atoms with van der Waals surface area (Å²) in [6.45, 7) is 30.5. The molecule has 1 aromatic rings. The second-order valence-corrected chi connectivity index (χ2v) is 7.61. The summed E-state index contributed by atoms with van der Waals surface area (Å²) in [4.78, 5) is 0. The van der Waals surface area contributed by atoms with Gasteiger partial charge in [-0.15, -0.1) is 0 Å². The first-order valence-electron chi connectivity index (χ1n) is 10.9. The maximum absolute atomic E-state index is 2.25. The fourth-order valence-electron chi connectivity index (χ4n) is 2.47. The van der Waals surface area contributed by atoms with Crippen molar-refractivity contribution in [3.05, 3.63) is 46.5 Å². The van der Waals surface area contributed by atoms with Gasteiger partial charge in [-0.2, -0.15) is 0 Å². The molecule has 0 spiro atoms. The monoisotopic (exact) mass is 362 g/mol. The first-order chi connectivity index (χ1) is 12.1. The van der Waals surface area contributed by atoms with Crippen LogP contribution in [0, 0.1) is 11.8 Å². The molecular formula is C26H50. The fraction of sp³-hybridized carbons (Fsp3) is 0.692. The smallest absolute Gasteiger partial charge is 0.0216 e. The van der Waals surface area contributed by atoms with Crippen molar-refractivity contribution in [2.45, 2.75) is 109 Å². The van der Waals surface area contributed by atoms with Crippen molar-refractivity contribution in [2.24, 2.45) is 11.8 Å². The molecule has 0 saturated heterocycles. The maximum atomic E-state index is 2.25. The Kier molecular flexibility index (Phi) is 19.9. The highest BCUT2D eigenvalue weighted by Crippen LogP contribution is 2.25. The molecule has 0 aliphatic heterocycles. The van der Waals surface area contributed by atoms with Crippen LogP contribution in [0.5, 0.6) is 0 Å². The van der Waals surface area contributed by atoms with Crippen molar-refractivity contribution in [3.63, 3.8) is 0 Å². The quantitative estimate of drug-likeness (QED) is 0.467. The molecule has 0 nitrogen and oxygen atoms in total. The van der Waals surface area contributed by atoms with Gasteiger partial charge in [0, 0.05) is 0 Å². The first kappa shape index (κ1) is 29.7. The second kappa shape index (κ2) is 17.4. The molecule has 0 atom stereocenters. The summed E-state index contributed by atoms with van der Waals surface area (Å²) in [5.41, 5.74) is 6.09. The average molecular weight is 363 g/mol. The van der Waals surface area contributed by atoms with E-state index in [0.717, 1.165) is 0 Å². The lowest BCUT2D eigenvalue weighted by Crippen LogP contribution is -1.98. The van der Waals surface area contributed by atoms with Gasteiger partial charge in [0.15, 0.2) is 0 Å². The fourth-order valence-corrected chi connectivity index (χ4v) is 2.47. The molecule has 154 valence electrons. The van der Waals surface area contributed by atoms with Crippen LogP contribution in [0.25, 0.3) is 0 Å². The Morgan fingerprint density at radius 1 is 0.538 bits per heavy atom. The number of rotatable bonds is 4. The van der Waals surface area contributed by atoms with Gasteiger partial charge in [0.05, 0.1) is 0 Å². The van der Waals surface area contributed by atoms with E-state index in [2.05, 4.69) is 93.5 Å². The van der Waals surface area contributed by atoms with E-state index in [1.165, 1.54) is 11.1 Å². The highest BCUT2D eigenvalue weighted by Gasteiger charge is 2.07. The van der Waals surface area contributed by atoms with Gasteiger partial charge in [-0.3, -0.25) is 0 Å². The Morgan fingerprint density at radius 2 is 0.769 bits per heavy atom. The topological polar surface area (TPSA) is 0 Å². The van der Waals surface area contributed by atoms with Gasteiger partial charge < -0.3 is 0 Å². The molecule has 26 heavy (non-hydrogen) atoms. The minimum absolute atomic E-state index is 0.642. The van der Waals surface area contributed by atoms with Gasteiger partial charge >= 0.3 is 0 Å². The predicted molar refractivity (Wildman–Crippen MR) is 125 cm³/mol. The zero-order valence-corrected chi connectivity index (χ0v) is 20.6. The van der Waals surface area contributed by atoms with E-state index in [0.29, 0.717) is 23.7 Å². The summed E-state index contributed by atoms with van der Waals surface area (Å²) >= 11 is 0. The molecule has 1 rings (SSSR count). The molecular weight excluding hydrogens is 312 g/mol. The normalized spacial score (nSPS) is 11.2. The molecule has 0 bridgehead atoms. The van der Waals surface area contributed by atoms with Crippen molar-refractivity contribution in [3.8, 4) is 0 Å². The zero-order valence-electron chi connectivity index (χ0n) is 20.6. The molecule has 0 heteroatoms. The van der Waals surface area contributed by atoms with Gasteiger partial charge in [-0.25, -0.2) is 0 Å². The second-order valence-electron chi connectivity index (χ2n) is 7.61. The Bertz CT molecular complexity index is 416. The van der Waals surface area contributed by atoms with Crippen molar-refractivity contribution < 1.29 is 0 Å². The van der Waals surface area contributed by atoms with E-state index >= 15 is 0 Å². The van der Waals surface area contributed by atoms with Crippen LogP contribution in [-0.4, -0.2) is 0 Å². The highest BCUT2D eigenvalue weighted by molar-refractivity contribution is 5.31. The molecule has 0 aliphatic rings. The van der Waals surface area contributed by atoms with Crippen molar-refractivity contribution in [2.75, 3.05) is 0 Å². The number of benzene rings is 1. The van der Waals surface area contributed by atoms with Crippen LogP contribution in [0.4, 0.5) is 0 Å². The summed E-state index contributed by atoms with van der Waals surface area (Å²) in [6, 6.07) is 8.72. The number of hydrogen-bond acceptors (Lipinski definition) is 0. The Labute approximate surface area is 167 Å². The summed E-state index contributed by atoms with van der Waals surface area (Å²) < 4.78 is 0. The lowest BCUT2D eigenvalue weighted by molar-refractivity contribution is 0.691. The average Bonchev–Trinajstić information content (AvgIpc) is 2.64. The molecule has 1 aromatic carbocycles. The molecule has 0 fully saturated rings. The van der Waals surface area contributed by atoms with E-state index in [1.54, 1.807) is 11.1 Å². The van der Waals surface area contributed by atoms with Crippen LogP contribution in [0.1, 0.15) is 120 Å². The van der Waals surface area contributed by atoms with Crippen molar-refractivity contribution in [1.82, 2.24) is 0 Å². The lowest BCUT2D eigenvalue weighted by Gasteiger charge is -2.14. The summed E-state index contributed by atoms with van der Waals surface area (Å²) in [6.07, 6.45) is 0. The van der Waals surface area contributed by atoms with Crippen LogP contribution in [0.2, 0.25) is 0 Å². The molecule has 0 N–H and O–H groups in total. The van der Waals surface area contributed by atoms with Gasteiger partial charge in [0.1, 0.15) is 0 Å². The molecule has 0 unspecified atom stereocenters. The van der Waals surface area contributed by atoms with E-state index in [-0.39, 0.29) is 0 Å². The lowest BCUT2D eigenvalue weighted by atomic mass is 9.91. The van der Waals surface area contributed by atoms with Crippen molar-refractivity contribution in [1.29, 1.82) is 0 Å². The third-order valence-corrected chi connectivity index (χ3v) is 4.59. The number of allylic oxidation sites excluding steroid dienone is 2. The van der Waals surface area contributed by atoms with Crippen LogP contribution >= 0.6 is 0 Å². The largest absolute Gasteiger partial charge is 0.0716 e. The van der Waals surface area contributed by atoms with Gasteiger partial charge in [0.2, 0.25) is 0 Å². The van der Waals surface area contributed by atoms with E-state index in [9.17, 15) is 0 Å². The van der Waals surface area contributed by atoms with Crippen LogP contribution in [0.15, 0.2) is 35.4 Å². The molecule has 0 saturated carbocycles. The third kappa shape index (κ3) is 12.3. The van der Waals surface area contributed by atoms with Crippen LogP contribution < -0.4 is 0 Å².